The highest BCUT2D eigenvalue weighted by atomic mass is 35.5. The Morgan fingerprint density at radius 1 is 1.13 bits per heavy atom. The number of halogens is 4. The summed E-state index contributed by atoms with van der Waals surface area (Å²) >= 11 is 5.86. The molecule has 2 aromatic carbocycles. The molecule has 0 N–H and O–H groups in total. The summed E-state index contributed by atoms with van der Waals surface area (Å²) in [5, 5.41) is -0.284. The molecular weight excluding hydrogens is 527 g/mol. The van der Waals surface area contributed by atoms with Crippen molar-refractivity contribution in [3.05, 3.63) is 70.9 Å². The Morgan fingerprint density at radius 3 is 2.53 bits per heavy atom. The van der Waals surface area contributed by atoms with Crippen LogP contribution in [0, 0.1) is 0 Å². The standard InChI is InChI=1S/C27H25ClF3NO6/c1-16(25(33)35-12-11-34-22-6-4-5-17-14-26(2,3)38-23(17)22)36-19-7-9-20(10-8-19)37-24-21(28)13-18(15-32-24)27(29,30)31/h4-10,13,15-16H,11-12,14H2,1-3H3/t16-/m1/s1. The van der Waals surface area contributed by atoms with Crippen LogP contribution < -0.4 is 18.9 Å². The summed E-state index contributed by atoms with van der Waals surface area (Å²) < 4.78 is 66.3. The molecule has 1 atom stereocenters. The summed E-state index contributed by atoms with van der Waals surface area (Å²) in [5.74, 6) is 1.17. The first-order valence-corrected chi connectivity index (χ1v) is 12.1. The lowest BCUT2D eigenvalue weighted by Crippen LogP contribution is -2.27. The number of carbonyl (C=O) groups is 1. The van der Waals surface area contributed by atoms with Gasteiger partial charge in [0.05, 0.1) is 5.56 Å². The molecule has 38 heavy (non-hydrogen) atoms. The van der Waals surface area contributed by atoms with Crippen molar-refractivity contribution in [3.63, 3.8) is 0 Å². The molecule has 1 aliphatic heterocycles. The first kappa shape index (κ1) is 27.4. The van der Waals surface area contributed by atoms with E-state index in [1.165, 1.54) is 24.3 Å². The van der Waals surface area contributed by atoms with E-state index in [0.717, 1.165) is 18.1 Å². The lowest BCUT2D eigenvalue weighted by atomic mass is 10.0. The van der Waals surface area contributed by atoms with Crippen LogP contribution in [0.25, 0.3) is 0 Å². The van der Waals surface area contributed by atoms with Crippen molar-refractivity contribution in [2.24, 2.45) is 0 Å². The van der Waals surface area contributed by atoms with Gasteiger partial charge in [0.15, 0.2) is 17.6 Å². The van der Waals surface area contributed by atoms with Crippen LogP contribution in [-0.2, 0) is 22.1 Å². The molecule has 0 bridgehead atoms. The number of aromatic nitrogens is 1. The quantitative estimate of drug-likeness (QED) is 0.218. The number of hydrogen-bond acceptors (Lipinski definition) is 7. The molecule has 0 aliphatic carbocycles. The largest absolute Gasteiger partial charge is 0.486 e. The number of carbonyl (C=O) groups excluding carboxylic acids is 1. The average molecular weight is 552 g/mol. The molecular formula is C27H25ClF3NO6. The van der Waals surface area contributed by atoms with Crippen LogP contribution in [0.2, 0.25) is 5.02 Å². The first-order valence-electron chi connectivity index (χ1n) is 11.7. The van der Waals surface area contributed by atoms with E-state index in [2.05, 4.69) is 4.98 Å². The van der Waals surface area contributed by atoms with Crippen LogP contribution in [0.4, 0.5) is 13.2 Å². The van der Waals surface area contributed by atoms with E-state index in [4.69, 9.17) is 35.3 Å². The van der Waals surface area contributed by atoms with Crippen LogP contribution in [-0.4, -0.2) is 35.9 Å². The second-order valence-electron chi connectivity index (χ2n) is 9.14. The molecule has 1 aromatic heterocycles. The molecule has 7 nitrogen and oxygen atoms in total. The van der Waals surface area contributed by atoms with E-state index in [1.807, 2.05) is 32.0 Å². The molecule has 0 spiro atoms. The fourth-order valence-electron chi connectivity index (χ4n) is 3.72. The monoisotopic (exact) mass is 551 g/mol. The Labute approximate surface area is 222 Å². The molecule has 0 saturated heterocycles. The maximum atomic E-state index is 12.8. The minimum Gasteiger partial charge on any atom is -0.486 e. The van der Waals surface area contributed by atoms with Gasteiger partial charge in [0, 0.05) is 18.2 Å². The minimum absolute atomic E-state index is 0.0211. The van der Waals surface area contributed by atoms with Gasteiger partial charge in [-0.3, -0.25) is 0 Å². The van der Waals surface area contributed by atoms with Gasteiger partial charge < -0.3 is 23.7 Å². The smallest absolute Gasteiger partial charge is 0.417 e. The highest BCUT2D eigenvalue weighted by molar-refractivity contribution is 6.31. The summed E-state index contributed by atoms with van der Waals surface area (Å²) in [4.78, 5) is 15.9. The third-order valence-electron chi connectivity index (χ3n) is 5.46. The van der Waals surface area contributed by atoms with Gasteiger partial charge in [-0.15, -0.1) is 0 Å². The first-order chi connectivity index (χ1) is 17.9. The third-order valence-corrected chi connectivity index (χ3v) is 5.73. The van der Waals surface area contributed by atoms with Crippen molar-refractivity contribution in [3.8, 4) is 28.9 Å². The highest BCUT2D eigenvalue weighted by Crippen LogP contribution is 2.41. The fourth-order valence-corrected chi connectivity index (χ4v) is 3.92. The normalized spacial score (nSPS) is 14.7. The second-order valence-corrected chi connectivity index (χ2v) is 9.55. The van der Waals surface area contributed by atoms with Gasteiger partial charge in [0.1, 0.15) is 35.3 Å². The minimum atomic E-state index is -4.56. The van der Waals surface area contributed by atoms with Gasteiger partial charge in [0.25, 0.3) is 0 Å². The predicted molar refractivity (Wildman–Crippen MR) is 132 cm³/mol. The number of nitrogens with zero attached hydrogens (tertiary/aromatic N) is 1. The predicted octanol–water partition coefficient (Wildman–Crippen LogP) is 6.65. The average Bonchev–Trinajstić information content (AvgIpc) is 3.18. The summed E-state index contributed by atoms with van der Waals surface area (Å²) in [6.45, 7) is 5.72. The molecule has 0 amide bonds. The second kappa shape index (κ2) is 11.0. The van der Waals surface area contributed by atoms with Crippen molar-refractivity contribution in [1.82, 2.24) is 4.98 Å². The highest BCUT2D eigenvalue weighted by Gasteiger charge is 2.33. The molecule has 2 heterocycles. The third kappa shape index (κ3) is 6.80. The van der Waals surface area contributed by atoms with Gasteiger partial charge in [-0.2, -0.15) is 13.2 Å². The van der Waals surface area contributed by atoms with E-state index in [1.54, 1.807) is 6.92 Å². The molecule has 3 aromatic rings. The van der Waals surface area contributed by atoms with E-state index in [9.17, 15) is 18.0 Å². The molecule has 11 heteroatoms. The summed E-state index contributed by atoms with van der Waals surface area (Å²) in [7, 11) is 0. The summed E-state index contributed by atoms with van der Waals surface area (Å²) in [6.07, 6.45) is -4.04. The molecule has 0 radical (unpaired) electrons. The zero-order valence-electron chi connectivity index (χ0n) is 20.8. The number of hydrogen-bond donors (Lipinski definition) is 0. The number of pyridine rings is 1. The number of ether oxygens (including phenoxy) is 5. The van der Waals surface area contributed by atoms with Gasteiger partial charge in [-0.25, -0.2) is 9.78 Å². The zero-order valence-corrected chi connectivity index (χ0v) is 21.6. The summed E-state index contributed by atoms with van der Waals surface area (Å²) in [5.41, 5.74) is -0.202. The van der Waals surface area contributed by atoms with Crippen LogP contribution in [0.15, 0.2) is 54.7 Å². The van der Waals surface area contributed by atoms with Crippen LogP contribution in [0.1, 0.15) is 31.9 Å². The Bertz CT molecular complexity index is 1300. The van der Waals surface area contributed by atoms with E-state index in [-0.39, 0.29) is 35.5 Å². The molecule has 4 rings (SSSR count). The van der Waals surface area contributed by atoms with E-state index < -0.39 is 23.8 Å². The number of alkyl halides is 3. The van der Waals surface area contributed by atoms with Crippen molar-refractivity contribution in [1.29, 1.82) is 0 Å². The van der Waals surface area contributed by atoms with Gasteiger partial charge >= 0.3 is 12.1 Å². The molecule has 1 aliphatic rings. The van der Waals surface area contributed by atoms with Crippen molar-refractivity contribution in [2.45, 2.75) is 45.1 Å². The van der Waals surface area contributed by atoms with Gasteiger partial charge in [-0.1, -0.05) is 23.7 Å². The van der Waals surface area contributed by atoms with Crippen LogP contribution in [0.5, 0.6) is 28.9 Å². The lowest BCUT2D eigenvalue weighted by Gasteiger charge is -2.18. The summed E-state index contributed by atoms with van der Waals surface area (Å²) in [6, 6.07) is 12.5. The van der Waals surface area contributed by atoms with Crippen molar-refractivity contribution in [2.75, 3.05) is 13.2 Å². The molecule has 0 saturated carbocycles. The maximum Gasteiger partial charge on any atom is 0.417 e. The van der Waals surface area contributed by atoms with Crippen molar-refractivity contribution < 1.29 is 41.7 Å². The number of esters is 1. The Hall–Kier alpha value is -3.66. The lowest BCUT2D eigenvalue weighted by molar-refractivity contribution is -0.151. The SMILES string of the molecule is C[C@@H](Oc1ccc(Oc2ncc(C(F)(F)F)cc2Cl)cc1)C(=O)OCCOc1cccc2c1OC(C)(C)C2. The topological polar surface area (TPSA) is 76.1 Å². The van der Waals surface area contributed by atoms with Crippen LogP contribution >= 0.6 is 11.6 Å². The zero-order chi connectivity index (χ0) is 27.5. The Kier molecular flexibility index (Phi) is 7.91. The molecule has 0 fully saturated rings. The van der Waals surface area contributed by atoms with Crippen molar-refractivity contribution >= 4 is 17.6 Å². The fraction of sp³-hybridized carbons (Fsp3) is 0.333. The van der Waals surface area contributed by atoms with Gasteiger partial charge in [0.2, 0.25) is 5.88 Å². The molecule has 202 valence electrons. The Balaban J connectivity index is 1.23. The maximum absolute atomic E-state index is 12.8. The van der Waals surface area contributed by atoms with Gasteiger partial charge in [-0.05, 0) is 57.2 Å². The van der Waals surface area contributed by atoms with E-state index >= 15 is 0 Å². The van der Waals surface area contributed by atoms with E-state index in [0.29, 0.717) is 23.4 Å². The number of fused-ring (bicyclic) bond motifs is 1. The number of rotatable bonds is 9. The van der Waals surface area contributed by atoms with Crippen LogP contribution in [0.3, 0.4) is 0 Å². The molecule has 0 unspecified atom stereocenters. The number of benzene rings is 2. The number of para-hydroxylation sites is 1. The Morgan fingerprint density at radius 2 is 1.84 bits per heavy atom.